The van der Waals surface area contributed by atoms with E-state index in [0.717, 1.165) is 47.9 Å². The number of carbonyl (C=O) groups is 3. The average molecular weight is 1090 g/mol. The number of benzene rings is 11. The molecule has 0 bridgehead atoms. The van der Waals surface area contributed by atoms with Crippen molar-refractivity contribution >= 4 is 66.4 Å². The van der Waals surface area contributed by atoms with Crippen molar-refractivity contribution in [3.63, 3.8) is 0 Å². The molecule has 4 aliphatic rings. The predicted molar refractivity (Wildman–Crippen MR) is 330 cm³/mol. The number of amides is 2. The molecule has 83 heavy (non-hydrogen) atoms. The first kappa shape index (κ1) is 50.7. The highest BCUT2D eigenvalue weighted by Gasteiger charge is 2.42. The highest BCUT2D eigenvalue weighted by atomic mass is 16.5. The molecular formula is C75H61NO7. The van der Waals surface area contributed by atoms with E-state index < -0.39 is 11.8 Å². The molecule has 2 saturated carbocycles. The predicted octanol–water partition coefficient (Wildman–Crippen LogP) is 19.9. The smallest absolute Gasteiger partial charge is 0.266 e. The third-order valence-corrected chi connectivity index (χ3v) is 18.1. The number of ketones is 1. The number of fused-ring (bicyclic) bond motifs is 4. The fourth-order valence-corrected chi connectivity index (χ4v) is 14.3. The van der Waals surface area contributed by atoms with E-state index in [1.807, 2.05) is 170 Å². The van der Waals surface area contributed by atoms with Crippen molar-refractivity contribution in [3.8, 4) is 57.1 Å². The number of hydrogen-bond acceptors (Lipinski definition) is 7. The minimum atomic E-state index is -0.418. The van der Waals surface area contributed by atoms with Crippen LogP contribution in [0, 0.1) is 11.8 Å². The number of aryl methyl sites for hydroxylation is 2. The molecule has 3 aliphatic carbocycles. The van der Waals surface area contributed by atoms with Crippen molar-refractivity contribution in [1.82, 2.24) is 0 Å². The second-order valence-corrected chi connectivity index (χ2v) is 23.2. The number of nitrogens with zero attached hydrogens (tertiary/aromatic N) is 1. The maximum absolute atomic E-state index is 16.5. The second kappa shape index (κ2) is 21.2. The van der Waals surface area contributed by atoms with Crippen LogP contribution < -0.4 is 23.8 Å². The standard InChI is InChI=1S/C75H61NO7/c77-73-55-37-20-19-36-54(55)56-42-60(80-50-28-11-3-12-29-50)66-68-62(82-52-32-15-5-16-33-52)44-58-65-59(75(79)76(74(58)78)72-48(40-38-46-22-7-1-8-23-46)26-21-27-49(72)41-39-47-24-9-2-10-25-47)45-63(83-53-34-17-6-18-35-53)69(71(65)68)67-61(43-57(73)64(56)70(66)67)81-51-30-13-4-14-31-51/h3-6,11-21,26-37,42-47H,1-2,7-10,22-25,38-41H2. The van der Waals surface area contributed by atoms with Gasteiger partial charge in [-0.3, -0.25) is 14.4 Å². The molecule has 2 fully saturated rings. The Kier molecular flexibility index (Phi) is 13.0. The molecule has 15 rings (SSSR count). The van der Waals surface area contributed by atoms with Crippen LogP contribution in [0.1, 0.15) is 125 Å². The maximum Gasteiger partial charge on any atom is 0.266 e. The quantitative estimate of drug-likeness (QED) is 0.0574. The number of para-hydroxylation sites is 5. The number of rotatable bonds is 15. The number of hydrogen-bond donors (Lipinski definition) is 0. The molecule has 0 saturated heterocycles. The minimum absolute atomic E-state index is 0.147. The van der Waals surface area contributed by atoms with E-state index in [4.69, 9.17) is 18.9 Å². The molecule has 1 aliphatic heterocycles. The topological polar surface area (TPSA) is 91.4 Å². The highest BCUT2D eigenvalue weighted by Crippen LogP contribution is 2.59. The summed E-state index contributed by atoms with van der Waals surface area (Å²) in [5, 5.41) is 4.81. The summed E-state index contributed by atoms with van der Waals surface area (Å²) in [6, 6.07) is 60.1. The van der Waals surface area contributed by atoms with Gasteiger partial charge in [0.15, 0.2) is 5.78 Å². The lowest BCUT2D eigenvalue weighted by atomic mass is 9.77. The number of imide groups is 1. The van der Waals surface area contributed by atoms with Gasteiger partial charge >= 0.3 is 0 Å². The van der Waals surface area contributed by atoms with Gasteiger partial charge in [-0.05, 0) is 133 Å². The van der Waals surface area contributed by atoms with Gasteiger partial charge < -0.3 is 18.9 Å². The van der Waals surface area contributed by atoms with Crippen LogP contribution >= 0.6 is 0 Å². The zero-order valence-corrected chi connectivity index (χ0v) is 46.3. The normalized spacial score (nSPS) is 15.4. The van der Waals surface area contributed by atoms with Gasteiger partial charge in [-0.1, -0.05) is 179 Å². The van der Waals surface area contributed by atoms with Crippen molar-refractivity contribution in [3.05, 3.63) is 221 Å². The van der Waals surface area contributed by atoms with E-state index in [-0.39, 0.29) is 5.78 Å². The molecule has 0 atom stereocenters. The molecule has 0 aromatic heterocycles. The Bertz CT molecular complexity index is 4180. The average Bonchev–Trinajstić information content (AvgIpc) is 1.85. The Morgan fingerprint density at radius 2 is 0.675 bits per heavy atom. The first-order chi connectivity index (χ1) is 40.9. The summed E-state index contributed by atoms with van der Waals surface area (Å²) in [6.45, 7) is 0. The van der Waals surface area contributed by atoms with Gasteiger partial charge in [-0.15, -0.1) is 0 Å². The SMILES string of the molecule is O=C1c2ccccc2-c2cc(Oc3ccccc3)c3c4c(Oc5ccccc5)cc5c6c(cc(Oc7ccccc7)c(c7c(Oc8ccccc8)cc1c2c73)c64)C(=O)N(c1c(CCC2CCCCC2)cccc1CCC1CCCCC1)C5=O. The van der Waals surface area contributed by atoms with E-state index in [2.05, 4.69) is 18.2 Å². The van der Waals surface area contributed by atoms with Gasteiger partial charge in [0.05, 0.1) is 16.8 Å². The molecule has 1 heterocycles. The molecule has 0 unspecified atom stereocenters. The molecule has 0 N–H and O–H groups in total. The molecule has 11 aromatic carbocycles. The lowest BCUT2D eigenvalue weighted by Crippen LogP contribution is -2.41. The van der Waals surface area contributed by atoms with E-state index >= 15 is 14.4 Å². The van der Waals surface area contributed by atoms with Crippen LogP contribution in [0.25, 0.3) is 54.2 Å². The zero-order valence-electron chi connectivity index (χ0n) is 46.3. The molecule has 2 amide bonds. The third-order valence-electron chi connectivity index (χ3n) is 18.1. The van der Waals surface area contributed by atoms with Crippen LogP contribution in [0.4, 0.5) is 5.69 Å². The summed E-state index contributed by atoms with van der Waals surface area (Å²) in [4.78, 5) is 49.8. The van der Waals surface area contributed by atoms with Crippen LogP contribution in [-0.4, -0.2) is 17.6 Å². The number of ether oxygens (including phenoxy) is 4. The summed E-state index contributed by atoms with van der Waals surface area (Å²) in [6.07, 6.45) is 15.8. The fraction of sp³-hybridized carbons (Fsp3) is 0.213. The van der Waals surface area contributed by atoms with Crippen LogP contribution in [0.3, 0.4) is 0 Å². The number of carbonyl (C=O) groups excluding carboxylic acids is 3. The van der Waals surface area contributed by atoms with Crippen LogP contribution in [0.15, 0.2) is 188 Å². The van der Waals surface area contributed by atoms with Gasteiger partial charge in [0, 0.05) is 54.2 Å². The molecular weight excluding hydrogens is 1030 g/mol. The summed E-state index contributed by atoms with van der Waals surface area (Å²) in [5.41, 5.74) is 5.98. The van der Waals surface area contributed by atoms with Gasteiger partial charge in [-0.2, -0.15) is 0 Å². The van der Waals surface area contributed by atoms with Crippen molar-refractivity contribution in [2.24, 2.45) is 11.8 Å². The highest BCUT2D eigenvalue weighted by molar-refractivity contribution is 6.47. The molecule has 11 aromatic rings. The maximum atomic E-state index is 16.5. The van der Waals surface area contributed by atoms with E-state index in [9.17, 15) is 0 Å². The van der Waals surface area contributed by atoms with Gasteiger partial charge in [-0.25, -0.2) is 4.90 Å². The van der Waals surface area contributed by atoms with E-state index in [1.165, 1.54) is 69.1 Å². The molecule has 0 spiro atoms. The Morgan fingerprint density at radius 3 is 1.08 bits per heavy atom. The fourth-order valence-electron chi connectivity index (χ4n) is 14.3. The first-order valence-corrected chi connectivity index (χ1v) is 29.8. The summed E-state index contributed by atoms with van der Waals surface area (Å²) in [7, 11) is 0. The third kappa shape index (κ3) is 8.94. The first-order valence-electron chi connectivity index (χ1n) is 29.8. The Labute approximate surface area is 482 Å². The zero-order chi connectivity index (χ0) is 55.5. The molecule has 8 nitrogen and oxygen atoms in total. The number of anilines is 1. The molecule has 8 heteroatoms. The van der Waals surface area contributed by atoms with Gasteiger partial charge in [0.2, 0.25) is 0 Å². The van der Waals surface area contributed by atoms with E-state index in [1.54, 1.807) is 0 Å². The van der Waals surface area contributed by atoms with Crippen molar-refractivity contribution in [1.29, 1.82) is 0 Å². The summed E-state index contributed by atoms with van der Waals surface area (Å²) < 4.78 is 28.8. The summed E-state index contributed by atoms with van der Waals surface area (Å²) in [5.74, 6) is 4.01. The van der Waals surface area contributed by atoms with Crippen molar-refractivity contribution < 1.29 is 33.3 Å². The monoisotopic (exact) mass is 1090 g/mol. The van der Waals surface area contributed by atoms with Crippen molar-refractivity contribution in [2.45, 2.75) is 89.9 Å². The van der Waals surface area contributed by atoms with Crippen LogP contribution in [0.2, 0.25) is 0 Å². The van der Waals surface area contributed by atoms with Crippen LogP contribution in [0.5, 0.6) is 46.0 Å². The van der Waals surface area contributed by atoms with Crippen molar-refractivity contribution in [2.75, 3.05) is 4.90 Å². The lowest BCUT2D eigenvalue weighted by Gasteiger charge is -2.33. The van der Waals surface area contributed by atoms with Gasteiger partial charge in [0.25, 0.3) is 11.8 Å². The van der Waals surface area contributed by atoms with Gasteiger partial charge in [0.1, 0.15) is 46.0 Å². The van der Waals surface area contributed by atoms with Crippen LogP contribution in [-0.2, 0) is 12.8 Å². The van der Waals surface area contributed by atoms with E-state index in [0.29, 0.717) is 129 Å². The molecule has 408 valence electrons. The summed E-state index contributed by atoms with van der Waals surface area (Å²) >= 11 is 0. The Morgan fingerprint density at radius 1 is 0.325 bits per heavy atom. The Balaban J connectivity index is 1.08. The Hall–Kier alpha value is -9.27. The lowest BCUT2D eigenvalue weighted by molar-refractivity contribution is 0.0891. The molecule has 0 radical (unpaired) electrons. The second-order valence-electron chi connectivity index (χ2n) is 23.2. The minimum Gasteiger partial charge on any atom is -0.457 e. The largest absolute Gasteiger partial charge is 0.457 e.